The Kier molecular flexibility index (Phi) is 3.87. The zero-order valence-electron chi connectivity index (χ0n) is 12.3. The van der Waals surface area contributed by atoms with E-state index in [0.29, 0.717) is 12.0 Å². The first-order valence-electron chi connectivity index (χ1n) is 7.51. The first kappa shape index (κ1) is 13.4. The van der Waals surface area contributed by atoms with Crippen molar-refractivity contribution in [3.05, 3.63) is 24.5 Å². The van der Waals surface area contributed by atoms with Gasteiger partial charge in [0.05, 0.1) is 6.20 Å². The maximum Gasteiger partial charge on any atom is 0.157 e. The molecule has 2 aromatic heterocycles. The smallest absolute Gasteiger partial charge is 0.157 e. The molecule has 0 aliphatic carbocycles. The van der Waals surface area contributed by atoms with Gasteiger partial charge in [-0.1, -0.05) is 13.8 Å². The van der Waals surface area contributed by atoms with Crippen LogP contribution in [0.5, 0.6) is 0 Å². The summed E-state index contributed by atoms with van der Waals surface area (Å²) in [6.07, 6.45) is 6.34. The van der Waals surface area contributed by atoms with E-state index in [1.165, 1.54) is 12.8 Å². The molecule has 0 radical (unpaired) electrons. The highest BCUT2D eigenvalue weighted by molar-refractivity contribution is 5.47. The maximum atomic E-state index is 4.73. The fraction of sp³-hybridized carbons (Fsp3) is 0.600. The Morgan fingerprint density at radius 2 is 2.35 bits per heavy atom. The lowest BCUT2D eigenvalue weighted by Gasteiger charge is -2.28. The van der Waals surface area contributed by atoms with Gasteiger partial charge in [0.25, 0.3) is 0 Å². The molecule has 1 fully saturated rings. The van der Waals surface area contributed by atoms with E-state index in [9.17, 15) is 0 Å². The van der Waals surface area contributed by atoms with Crippen LogP contribution < -0.4 is 10.2 Å². The molecule has 5 nitrogen and oxygen atoms in total. The van der Waals surface area contributed by atoms with E-state index in [1.54, 1.807) is 6.20 Å². The van der Waals surface area contributed by atoms with Crippen LogP contribution in [-0.4, -0.2) is 40.3 Å². The lowest BCUT2D eigenvalue weighted by Crippen LogP contribution is -2.39. The molecular formula is C15H23N5. The predicted octanol–water partition coefficient (Wildman–Crippen LogP) is 1.94. The van der Waals surface area contributed by atoms with Gasteiger partial charge in [-0.2, -0.15) is 5.10 Å². The number of hydrogen-bond donors (Lipinski definition) is 1. The summed E-state index contributed by atoms with van der Waals surface area (Å²) in [7, 11) is 0. The zero-order valence-corrected chi connectivity index (χ0v) is 12.3. The Morgan fingerprint density at radius 1 is 1.45 bits per heavy atom. The highest BCUT2D eigenvalue weighted by Crippen LogP contribution is 2.17. The molecule has 1 saturated heterocycles. The Labute approximate surface area is 120 Å². The number of nitrogens with zero attached hydrogens (tertiary/aromatic N) is 4. The first-order chi connectivity index (χ1) is 9.72. The van der Waals surface area contributed by atoms with E-state index in [2.05, 4.69) is 35.2 Å². The van der Waals surface area contributed by atoms with Gasteiger partial charge in [-0.05, 0) is 31.4 Å². The van der Waals surface area contributed by atoms with Crippen molar-refractivity contribution in [2.45, 2.75) is 32.7 Å². The van der Waals surface area contributed by atoms with Crippen molar-refractivity contribution in [3.63, 3.8) is 0 Å². The van der Waals surface area contributed by atoms with E-state index < -0.39 is 0 Å². The summed E-state index contributed by atoms with van der Waals surface area (Å²) >= 11 is 0. The van der Waals surface area contributed by atoms with E-state index in [1.807, 2.05) is 16.8 Å². The van der Waals surface area contributed by atoms with Gasteiger partial charge in [-0.25, -0.2) is 9.50 Å². The van der Waals surface area contributed by atoms with Crippen LogP contribution in [0.4, 0.5) is 5.82 Å². The topological polar surface area (TPSA) is 45.5 Å². The molecule has 1 atom stereocenters. The number of fused-ring (bicyclic) bond motifs is 1. The van der Waals surface area contributed by atoms with Gasteiger partial charge in [0, 0.05) is 31.4 Å². The van der Waals surface area contributed by atoms with Crippen LogP contribution in [0.2, 0.25) is 0 Å². The summed E-state index contributed by atoms with van der Waals surface area (Å²) in [6.45, 7) is 7.74. The molecule has 0 aromatic carbocycles. The molecule has 0 spiro atoms. The van der Waals surface area contributed by atoms with Gasteiger partial charge < -0.3 is 10.2 Å². The Morgan fingerprint density at radius 3 is 3.10 bits per heavy atom. The van der Waals surface area contributed by atoms with Crippen molar-refractivity contribution in [2.24, 2.45) is 5.92 Å². The first-order valence-corrected chi connectivity index (χ1v) is 7.51. The fourth-order valence-corrected chi connectivity index (χ4v) is 2.86. The minimum Gasteiger partial charge on any atom is -0.355 e. The van der Waals surface area contributed by atoms with Crippen molar-refractivity contribution in [2.75, 3.05) is 24.5 Å². The number of aromatic nitrogens is 3. The Bertz CT molecular complexity index is 556. The molecule has 0 bridgehead atoms. The average molecular weight is 273 g/mol. The third-order valence-electron chi connectivity index (χ3n) is 3.76. The van der Waals surface area contributed by atoms with Crippen LogP contribution in [0.1, 0.15) is 26.7 Å². The van der Waals surface area contributed by atoms with Crippen molar-refractivity contribution in [1.29, 1.82) is 0 Å². The summed E-state index contributed by atoms with van der Waals surface area (Å²) in [6, 6.07) is 4.61. The third kappa shape index (κ3) is 2.93. The van der Waals surface area contributed by atoms with Crippen LogP contribution in [0, 0.1) is 5.92 Å². The minimum absolute atomic E-state index is 0.594. The zero-order chi connectivity index (χ0) is 13.9. The summed E-state index contributed by atoms with van der Waals surface area (Å²) in [5, 5.41) is 7.78. The van der Waals surface area contributed by atoms with Crippen LogP contribution in [0.3, 0.4) is 0 Å². The number of nitrogens with one attached hydrogen (secondary N) is 1. The lowest BCUT2D eigenvalue weighted by molar-refractivity contribution is 0.537. The third-order valence-corrected chi connectivity index (χ3v) is 3.76. The predicted molar refractivity (Wildman–Crippen MR) is 81.1 cm³/mol. The fourth-order valence-electron chi connectivity index (χ4n) is 2.86. The van der Waals surface area contributed by atoms with Gasteiger partial charge in [-0.15, -0.1) is 0 Å². The van der Waals surface area contributed by atoms with Crippen molar-refractivity contribution < 1.29 is 0 Å². The molecule has 1 aliphatic heterocycles. The van der Waals surface area contributed by atoms with E-state index in [0.717, 1.165) is 31.1 Å². The summed E-state index contributed by atoms with van der Waals surface area (Å²) < 4.78 is 1.81. The Hall–Kier alpha value is -1.62. The largest absolute Gasteiger partial charge is 0.355 e. The molecule has 1 N–H and O–H groups in total. The second-order valence-corrected chi connectivity index (χ2v) is 6.01. The van der Waals surface area contributed by atoms with Crippen LogP contribution in [-0.2, 0) is 0 Å². The summed E-state index contributed by atoms with van der Waals surface area (Å²) in [5.41, 5.74) is 0.913. The van der Waals surface area contributed by atoms with Gasteiger partial charge in [0.15, 0.2) is 5.65 Å². The maximum absolute atomic E-state index is 4.73. The minimum atomic E-state index is 0.594. The SMILES string of the molecule is CC(C)CN(CC1CCCN1)c1ccn2nccc2n1. The molecule has 20 heavy (non-hydrogen) atoms. The number of anilines is 1. The normalized spacial score (nSPS) is 19.1. The second kappa shape index (κ2) is 5.79. The second-order valence-electron chi connectivity index (χ2n) is 6.01. The standard InChI is InChI=1S/C15H23N5/c1-12(2)10-19(11-13-4-3-7-16-13)14-6-9-20-15(18-14)5-8-17-20/h5-6,8-9,12-13,16H,3-4,7,10-11H2,1-2H3. The van der Waals surface area contributed by atoms with Crippen LogP contribution in [0.25, 0.3) is 5.65 Å². The van der Waals surface area contributed by atoms with E-state index in [4.69, 9.17) is 4.98 Å². The van der Waals surface area contributed by atoms with Crippen molar-refractivity contribution in [1.82, 2.24) is 19.9 Å². The highest BCUT2D eigenvalue weighted by atomic mass is 15.3. The molecule has 3 rings (SSSR count). The molecule has 5 heteroatoms. The molecular weight excluding hydrogens is 250 g/mol. The number of rotatable bonds is 5. The average Bonchev–Trinajstić information content (AvgIpc) is 3.07. The van der Waals surface area contributed by atoms with Gasteiger partial charge in [0.1, 0.15) is 5.82 Å². The summed E-state index contributed by atoms with van der Waals surface area (Å²) in [4.78, 5) is 7.13. The van der Waals surface area contributed by atoms with Gasteiger partial charge in [-0.3, -0.25) is 0 Å². The van der Waals surface area contributed by atoms with E-state index in [-0.39, 0.29) is 0 Å². The summed E-state index contributed by atoms with van der Waals surface area (Å²) in [5.74, 6) is 1.68. The lowest BCUT2D eigenvalue weighted by atomic mass is 10.1. The molecule has 1 aliphatic rings. The molecule has 2 aromatic rings. The van der Waals surface area contributed by atoms with E-state index >= 15 is 0 Å². The van der Waals surface area contributed by atoms with Crippen LogP contribution >= 0.6 is 0 Å². The van der Waals surface area contributed by atoms with Crippen LogP contribution in [0.15, 0.2) is 24.5 Å². The Balaban J connectivity index is 1.82. The molecule has 108 valence electrons. The monoisotopic (exact) mass is 273 g/mol. The van der Waals surface area contributed by atoms with Crippen molar-refractivity contribution >= 4 is 11.5 Å². The quantitative estimate of drug-likeness (QED) is 0.904. The number of hydrogen-bond acceptors (Lipinski definition) is 4. The molecule has 1 unspecified atom stereocenters. The van der Waals surface area contributed by atoms with Gasteiger partial charge >= 0.3 is 0 Å². The van der Waals surface area contributed by atoms with Gasteiger partial charge in [0.2, 0.25) is 0 Å². The van der Waals surface area contributed by atoms with Crippen molar-refractivity contribution in [3.8, 4) is 0 Å². The molecule has 3 heterocycles. The molecule has 0 amide bonds. The highest BCUT2D eigenvalue weighted by Gasteiger charge is 2.19. The molecule has 0 saturated carbocycles.